The van der Waals surface area contributed by atoms with Crippen molar-refractivity contribution in [1.29, 1.82) is 0 Å². The smallest absolute Gasteiger partial charge is 0.236 e. The lowest BCUT2D eigenvalue weighted by atomic mass is 10.2. The highest BCUT2D eigenvalue weighted by Crippen LogP contribution is 2.22. The predicted molar refractivity (Wildman–Crippen MR) is 101 cm³/mol. The number of hydrogen-bond donors (Lipinski definition) is 1. The number of para-hydroxylation sites is 1. The lowest BCUT2D eigenvalue weighted by Gasteiger charge is -2.18. The molecule has 0 aliphatic carbocycles. The van der Waals surface area contributed by atoms with Crippen LogP contribution in [-0.4, -0.2) is 32.0 Å². The van der Waals surface area contributed by atoms with Crippen molar-refractivity contribution in [3.63, 3.8) is 0 Å². The SMILES string of the molecule is CN(C(=O)CC(=O)Nc1ccc(N2CCCC2)cc1)c1ccccc1. The molecule has 130 valence electrons. The highest BCUT2D eigenvalue weighted by Gasteiger charge is 2.16. The van der Waals surface area contributed by atoms with Gasteiger partial charge < -0.3 is 15.1 Å². The van der Waals surface area contributed by atoms with Gasteiger partial charge in [0, 0.05) is 37.2 Å². The van der Waals surface area contributed by atoms with Gasteiger partial charge in [-0.05, 0) is 49.2 Å². The summed E-state index contributed by atoms with van der Waals surface area (Å²) in [6.45, 7) is 2.18. The normalized spacial score (nSPS) is 13.6. The first-order chi connectivity index (χ1) is 12.1. The molecule has 1 fully saturated rings. The third-order valence-corrected chi connectivity index (χ3v) is 4.45. The molecule has 2 aromatic carbocycles. The van der Waals surface area contributed by atoms with Crippen molar-refractivity contribution in [1.82, 2.24) is 0 Å². The van der Waals surface area contributed by atoms with Gasteiger partial charge in [-0.15, -0.1) is 0 Å². The fourth-order valence-electron chi connectivity index (χ4n) is 2.99. The summed E-state index contributed by atoms with van der Waals surface area (Å²) < 4.78 is 0. The number of nitrogens with one attached hydrogen (secondary N) is 1. The third kappa shape index (κ3) is 4.38. The van der Waals surface area contributed by atoms with Crippen LogP contribution in [-0.2, 0) is 9.59 Å². The van der Waals surface area contributed by atoms with Crippen molar-refractivity contribution < 1.29 is 9.59 Å². The highest BCUT2D eigenvalue weighted by atomic mass is 16.2. The van der Waals surface area contributed by atoms with Crippen LogP contribution < -0.4 is 15.1 Å². The Kier molecular flexibility index (Phi) is 5.33. The van der Waals surface area contributed by atoms with E-state index in [1.165, 1.54) is 23.4 Å². The van der Waals surface area contributed by atoms with Crippen molar-refractivity contribution in [2.45, 2.75) is 19.3 Å². The van der Waals surface area contributed by atoms with Crippen LogP contribution in [0.5, 0.6) is 0 Å². The summed E-state index contributed by atoms with van der Waals surface area (Å²) in [5.74, 6) is -0.543. The average molecular weight is 337 g/mol. The van der Waals surface area contributed by atoms with Gasteiger partial charge >= 0.3 is 0 Å². The monoisotopic (exact) mass is 337 g/mol. The molecular formula is C20H23N3O2. The third-order valence-electron chi connectivity index (χ3n) is 4.45. The van der Waals surface area contributed by atoms with Crippen molar-refractivity contribution in [2.24, 2.45) is 0 Å². The molecular weight excluding hydrogens is 314 g/mol. The summed E-state index contributed by atoms with van der Waals surface area (Å²) in [5.41, 5.74) is 2.66. The molecule has 0 unspecified atom stereocenters. The number of carbonyl (C=O) groups is 2. The van der Waals surface area contributed by atoms with Crippen LogP contribution in [0.2, 0.25) is 0 Å². The molecule has 0 radical (unpaired) electrons. The van der Waals surface area contributed by atoms with Crippen LogP contribution in [0, 0.1) is 0 Å². The van der Waals surface area contributed by atoms with Crippen molar-refractivity contribution in [3.8, 4) is 0 Å². The van der Waals surface area contributed by atoms with Crippen LogP contribution >= 0.6 is 0 Å². The van der Waals surface area contributed by atoms with Crippen LogP contribution in [0.25, 0.3) is 0 Å². The zero-order valence-electron chi connectivity index (χ0n) is 14.4. The van der Waals surface area contributed by atoms with Crippen molar-refractivity contribution in [3.05, 3.63) is 54.6 Å². The molecule has 5 heteroatoms. The number of anilines is 3. The summed E-state index contributed by atoms with van der Waals surface area (Å²) in [5, 5.41) is 2.79. The Morgan fingerprint density at radius 3 is 2.28 bits per heavy atom. The number of amides is 2. The van der Waals surface area contributed by atoms with Crippen molar-refractivity contribution >= 4 is 28.9 Å². The summed E-state index contributed by atoms with van der Waals surface area (Å²) in [6.07, 6.45) is 2.28. The first-order valence-electron chi connectivity index (χ1n) is 8.60. The molecule has 2 aromatic rings. The molecule has 25 heavy (non-hydrogen) atoms. The molecule has 0 bridgehead atoms. The quantitative estimate of drug-likeness (QED) is 0.852. The van der Waals surface area contributed by atoms with Crippen molar-refractivity contribution in [2.75, 3.05) is 35.3 Å². The van der Waals surface area contributed by atoms with Crippen LogP contribution in [0.1, 0.15) is 19.3 Å². The van der Waals surface area contributed by atoms with Gasteiger partial charge in [-0.3, -0.25) is 9.59 Å². The maximum absolute atomic E-state index is 12.2. The second-order valence-electron chi connectivity index (χ2n) is 6.25. The standard InChI is InChI=1S/C20H23N3O2/c1-22(17-7-3-2-4-8-17)20(25)15-19(24)21-16-9-11-18(12-10-16)23-13-5-6-14-23/h2-4,7-12H,5-6,13-15H2,1H3,(H,21,24). The minimum atomic E-state index is -0.304. The number of hydrogen-bond acceptors (Lipinski definition) is 3. The van der Waals surface area contributed by atoms with Gasteiger partial charge in [0.05, 0.1) is 0 Å². The largest absolute Gasteiger partial charge is 0.372 e. The van der Waals surface area contributed by atoms with E-state index >= 15 is 0 Å². The van der Waals surface area contributed by atoms with Crippen LogP contribution in [0.15, 0.2) is 54.6 Å². The Labute approximate surface area is 148 Å². The summed E-state index contributed by atoms with van der Waals surface area (Å²) in [7, 11) is 1.68. The van der Waals surface area contributed by atoms with Gasteiger partial charge in [0.2, 0.25) is 11.8 Å². The van der Waals surface area contributed by atoms with E-state index < -0.39 is 0 Å². The molecule has 0 aromatic heterocycles. The van der Waals surface area contributed by atoms with Gasteiger partial charge in [-0.25, -0.2) is 0 Å². The lowest BCUT2D eigenvalue weighted by molar-refractivity contribution is -0.125. The Morgan fingerprint density at radius 2 is 1.64 bits per heavy atom. The molecule has 0 atom stereocenters. The van der Waals surface area contributed by atoms with E-state index in [-0.39, 0.29) is 18.2 Å². The molecule has 1 saturated heterocycles. The van der Waals surface area contributed by atoms with E-state index in [4.69, 9.17) is 0 Å². The van der Waals surface area contributed by atoms with Gasteiger partial charge in [0.1, 0.15) is 6.42 Å². The molecule has 1 N–H and O–H groups in total. The summed E-state index contributed by atoms with van der Waals surface area (Å²) in [4.78, 5) is 28.2. The number of carbonyl (C=O) groups excluding carboxylic acids is 2. The minimum absolute atomic E-state index is 0.181. The van der Waals surface area contributed by atoms with E-state index in [0.29, 0.717) is 5.69 Å². The fourth-order valence-corrected chi connectivity index (χ4v) is 2.99. The lowest BCUT2D eigenvalue weighted by Crippen LogP contribution is -2.30. The van der Waals surface area contributed by atoms with E-state index in [1.54, 1.807) is 7.05 Å². The highest BCUT2D eigenvalue weighted by molar-refractivity contribution is 6.08. The topological polar surface area (TPSA) is 52.7 Å². The zero-order valence-corrected chi connectivity index (χ0v) is 14.4. The van der Waals surface area contributed by atoms with E-state index in [1.807, 2.05) is 54.6 Å². The number of benzene rings is 2. The Bertz CT molecular complexity index is 722. The number of nitrogens with zero attached hydrogens (tertiary/aromatic N) is 2. The van der Waals surface area contributed by atoms with Gasteiger partial charge in [0.15, 0.2) is 0 Å². The Balaban J connectivity index is 1.54. The Hall–Kier alpha value is -2.82. The number of rotatable bonds is 5. The molecule has 1 heterocycles. The average Bonchev–Trinajstić information content (AvgIpc) is 3.17. The molecule has 0 saturated carbocycles. The van der Waals surface area contributed by atoms with E-state index in [2.05, 4.69) is 10.2 Å². The molecule has 1 aliphatic rings. The maximum atomic E-state index is 12.2. The molecule has 1 aliphatic heterocycles. The molecule has 0 spiro atoms. The van der Waals surface area contributed by atoms with Gasteiger partial charge in [-0.2, -0.15) is 0 Å². The Morgan fingerprint density at radius 1 is 1.00 bits per heavy atom. The maximum Gasteiger partial charge on any atom is 0.236 e. The zero-order chi connectivity index (χ0) is 17.6. The summed E-state index contributed by atoms with van der Waals surface area (Å²) in [6, 6.07) is 17.1. The fraction of sp³-hybridized carbons (Fsp3) is 0.300. The first kappa shape index (κ1) is 17.0. The van der Waals surface area contributed by atoms with Crippen LogP contribution in [0.4, 0.5) is 17.1 Å². The summed E-state index contributed by atoms with van der Waals surface area (Å²) >= 11 is 0. The van der Waals surface area contributed by atoms with Crippen LogP contribution in [0.3, 0.4) is 0 Å². The van der Waals surface area contributed by atoms with E-state index in [9.17, 15) is 9.59 Å². The van der Waals surface area contributed by atoms with Gasteiger partial charge in [-0.1, -0.05) is 18.2 Å². The van der Waals surface area contributed by atoms with Gasteiger partial charge in [0.25, 0.3) is 0 Å². The molecule has 5 nitrogen and oxygen atoms in total. The predicted octanol–water partition coefficient (Wildman–Crippen LogP) is 3.28. The second-order valence-corrected chi connectivity index (χ2v) is 6.25. The molecule has 2 amide bonds. The minimum Gasteiger partial charge on any atom is -0.372 e. The molecule has 3 rings (SSSR count). The second kappa shape index (κ2) is 7.83. The first-order valence-corrected chi connectivity index (χ1v) is 8.60. The van der Waals surface area contributed by atoms with E-state index in [0.717, 1.165) is 18.8 Å².